The molecule has 2 aromatic carbocycles. The van der Waals surface area contributed by atoms with Crippen molar-refractivity contribution in [2.75, 3.05) is 0 Å². The summed E-state index contributed by atoms with van der Waals surface area (Å²) in [6.07, 6.45) is 2.81. The second-order valence-corrected chi connectivity index (χ2v) is 7.00. The predicted molar refractivity (Wildman–Crippen MR) is 109 cm³/mol. The molecule has 148 valence electrons. The van der Waals surface area contributed by atoms with Crippen molar-refractivity contribution in [2.24, 2.45) is 0 Å². The Balaban J connectivity index is 1.57. The van der Waals surface area contributed by atoms with E-state index >= 15 is 0 Å². The number of hydrogen-bond donors (Lipinski definition) is 2. The minimum Gasteiger partial charge on any atom is -0.487 e. The van der Waals surface area contributed by atoms with Crippen LogP contribution in [0.1, 0.15) is 26.6 Å². The van der Waals surface area contributed by atoms with Gasteiger partial charge in [0, 0.05) is 17.0 Å². The van der Waals surface area contributed by atoms with E-state index in [1.54, 1.807) is 29.5 Å². The summed E-state index contributed by atoms with van der Waals surface area (Å²) in [5.41, 5.74) is 5.75. The maximum atomic E-state index is 13.6. The van der Waals surface area contributed by atoms with E-state index in [0.29, 0.717) is 17.9 Å². The molecule has 29 heavy (non-hydrogen) atoms. The molecule has 0 unspecified atom stereocenters. The number of hydrogen-bond acceptors (Lipinski definition) is 5. The lowest BCUT2D eigenvalue weighted by Gasteiger charge is -2.08. The number of aryl methyl sites for hydroxylation is 1. The lowest BCUT2D eigenvalue weighted by Crippen LogP contribution is -2.41. The molecule has 2 amide bonds. The molecule has 3 rings (SSSR count). The zero-order valence-electron chi connectivity index (χ0n) is 15.5. The van der Waals surface area contributed by atoms with Crippen molar-refractivity contribution in [2.45, 2.75) is 13.5 Å². The molecular formula is C21H18FN3O3S. The summed E-state index contributed by atoms with van der Waals surface area (Å²) in [5.74, 6) is -1.39. The number of amides is 2. The fourth-order valence-electron chi connectivity index (χ4n) is 2.41. The molecule has 0 fully saturated rings. The van der Waals surface area contributed by atoms with Crippen LogP contribution in [0.5, 0.6) is 5.75 Å². The van der Waals surface area contributed by atoms with Crippen LogP contribution >= 0.6 is 11.3 Å². The number of thiazole rings is 1. The molecule has 0 atom stereocenters. The third-order valence-corrected chi connectivity index (χ3v) is 4.62. The smallest absolute Gasteiger partial charge is 0.272 e. The normalized spacial score (nSPS) is 10.7. The van der Waals surface area contributed by atoms with Crippen molar-refractivity contribution in [3.8, 4) is 5.75 Å². The summed E-state index contributed by atoms with van der Waals surface area (Å²) < 4.78 is 19.4. The van der Waals surface area contributed by atoms with Gasteiger partial charge in [-0.25, -0.2) is 9.37 Å². The average Bonchev–Trinajstić information content (AvgIpc) is 3.15. The molecular weight excluding hydrogens is 393 g/mol. The Kier molecular flexibility index (Phi) is 6.70. The zero-order valence-corrected chi connectivity index (χ0v) is 16.3. The second kappa shape index (κ2) is 9.61. The third-order valence-electron chi connectivity index (χ3n) is 3.79. The van der Waals surface area contributed by atoms with Crippen LogP contribution in [0.2, 0.25) is 0 Å². The number of para-hydroxylation sites is 1. The molecule has 0 aliphatic carbocycles. The number of nitrogens with one attached hydrogen (secondary N) is 2. The highest BCUT2D eigenvalue weighted by Crippen LogP contribution is 2.21. The standard InChI is InChI=1S/C21H18FN3O3S/c1-14-23-16(13-29-14)12-28-19-9-5-2-6-15(19)10-11-20(26)24-25-21(27)17-7-3-4-8-18(17)22/h2-11,13H,12H2,1H3,(H,24,26)(H,25,27)/b11-10+. The lowest BCUT2D eigenvalue weighted by molar-refractivity contribution is -0.117. The van der Waals surface area contributed by atoms with Gasteiger partial charge in [0.1, 0.15) is 18.2 Å². The van der Waals surface area contributed by atoms with Crippen LogP contribution in [0, 0.1) is 12.7 Å². The van der Waals surface area contributed by atoms with E-state index in [4.69, 9.17) is 4.74 Å². The van der Waals surface area contributed by atoms with Gasteiger partial charge in [-0.2, -0.15) is 0 Å². The number of nitrogens with zero attached hydrogens (tertiary/aromatic N) is 1. The third kappa shape index (κ3) is 5.73. The number of hydrazine groups is 1. The molecule has 0 bridgehead atoms. The topological polar surface area (TPSA) is 80.3 Å². The second-order valence-electron chi connectivity index (χ2n) is 5.94. The fourth-order valence-corrected chi connectivity index (χ4v) is 3.01. The summed E-state index contributed by atoms with van der Waals surface area (Å²) in [4.78, 5) is 28.2. The van der Waals surface area contributed by atoms with Gasteiger partial charge in [0.05, 0.1) is 16.3 Å². The number of ether oxygens (including phenoxy) is 1. The first-order chi connectivity index (χ1) is 14.0. The molecule has 0 spiro atoms. The molecule has 3 aromatic rings. The van der Waals surface area contributed by atoms with E-state index in [2.05, 4.69) is 15.8 Å². The Hall–Kier alpha value is -3.52. The van der Waals surface area contributed by atoms with Gasteiger partial charge < -0.3 is 4.74 Å². The number of carbonyl (C=O) groups is 2. The van der Waals surface area contributed by atoms with Gasteiger partial charge in [0.25, 0.3) is 11.8 Å². The Morgan fingerprint density at radius 3 is 2.66 bits per heavy atom. The van der Waals surface area contributed by atoms with Crippen LogP contribution < -0.4 is 15.6 Å². The van der Waals surface area contributed by atoms with Gasteiger partial charge in [-0.15, -0.1) is 11.3 Å². The van der Waals surface area contributed by atoms with Crippen LogP contribution in [-0.2, 0) is 11.4 Å². The van der Waals surface area contributed by atoms with Crippen LogP contribution in [0.15, 0.2) is 60.0 Å². The summed E-state index contributed by atoms with van der Waals surface area (Å²) >= 11 is 1.55. The first kappa shape index (κ1) is 20.2. The monoisotopic (exact) mass is 411 g/mol. The van der Waals surface area contributed by atoms with E-state index in [0.717, 1.165) is 10.7 Å². The number of benzene rings is 2. The van der Waals surface area contributed by atoms with Gasteiger partial charge >= 0.3 is 0 Å². The highest BCUT2D eigenvalue weighted by molar-refractivity contribution is 7.09. The Morgan fingerprint density at radius 1 is 1.14 bits per heavy atom. The van der Waals surface area contributed by atoms with Gasteiger partial charge in [-0.3, -0.25) is 20.4 Å². The maximum absolute atomic E-state index is 13.6. The molecule has 0 radical (unpaired) electrons. The van der Waals surface area contributed by atoms with Crippen LogP contribution in [0.25, 0.3) is 6.08 Å². The predicted octanol–water partition coefficient (Wildman–Crippen LogP) is 3.64. The van der Waals surface area contributed by atoms with Crippen molar-refractivity contribution >= 4 is 29.2 Å². The van der Waals surface area contributed by atoms with E-state index in [1.807, 2.05) is 24.4 Å². The lowest BCUT2D eigenvalue weighted by atomic mass is 10.2. The van der Waals surface area contributed by atoms with Gasteiger partial charge in [-0.05, 0) is 31.2 Å². The van der Waals surface area contributed by atoms with Crippen LogP contribution in [0.3, 0.4) is 0 Å². The molecule has 1 heterocycles. The molecule has 6 nitrogen and oxygen atoms in total. The Bertz CT molecular complexity index is 1050. The molecule has 0 aliphatic rings. The van der Waals surface area contributed by atoms with E-state index in [9.17, 15) is 14.0 Å². The van der Waals surface area contributed by atoms with Crippen molar-refractivity contribution in [3.63, 3.8) is 0 Å². The summed E-state index contributed by atoms with van der Waals surface area (Å²) in [6.45, 7) is 2.24. The largest absolute Gasteiger partial charge is 0.487 e. The summed E-state index contributed by atoms with van der Waals surface area (Å²) in [6, 6.07) is 12.7. The zero-order chi connectivity index (χ0) is 20.6. The van der Waals surface area contributed by atoms with Gasteiger partial charge in [0.2, 0.25) is 0 Å². The van der Waals surface area contributed by atoms with Crippen molar-refractivity contribution in [1.29, 1.82) is 0 Å². The Labute approximate surface area is 171 Å². The van der Waals surface area contributed by atoms with Crippen molar-refractivity contribution in [1.82, 2.24) is 15.8 Å². The van der Waals surface area contributed by atoms with Crippen molar-refractivity contribution < 1.29 is 18.7 Å². The van der Waals surface area contributed by atoms with Gasteiger partial charge in [0.15, 0.2) is 0 Å². The average molecular weight is 411 g/mol. The summed E-state index contributed by atoms with van der Waals surface area (Å²) in [7, 11) is 0. The van der Waals surface area contributed by atoms with E-state index in [-0.39, 0.29) is 5.56 Å². The minimum absolute atomic E-state index is 0.159. The highest BCUT2D eigenvalue weighted by Gasteiger charge is 2.11. The SMILES string of the molecule is Cc1nc(COc2ccccc2/C=C/C(=O)NNC(=O)c2ccccc2F)cs1. The number of rotatable bonds is 6. The first-order valence-electron chi connectivity index (χ1n) is 8.68. The molecule has 0 aliphatic heterocycles. The number of aromatic nitrogens is 1. The van der Waals surface area contributed by atoms with E-state index < -0.39 is 17.6 Å². The highest BCUT2D eigenvalue weighted by atomic mass is 32.1. The summed E-state index contributed by atoms with van der Waals surface area (Å²) in [5, 5.41) is 2.89. The fraction of sp³-hybridized carbons (Fsp3) is 0.0952. The quantitative estimate of drug-likeness (QED) is 0.479. The minimum atomic E-state index is -0.743. The van der Waals surface area contributed by atoms with Gasteiger partial charge in [-0.1, -0.05) is 30.3 Å². The Morgan fingerprint density at radius 2 is 1.90 bits per heavy atom. The maximum Gasteiger partial charge on any atom is 0.272 e. The molecule has 0 saturated carbocycles. The number of carbonyl (C=O) groups excluding carboxylic acids is 2. The molecule has 2 N–H and O–H groups in total. The molecule has 8 heteroatoms. The van der Waals surface area contributed by atoms with Crippen LogP contribution in [0.4, 0.5) is 4.39 Å². The van der Waals surface area contributed by atoms with Crippen LogP contribution in [-0.4, -0.2) is 16.8 Å². The van der Waals surface area contributed by atoms with Crippen molar-refractivity contribution in [3.05, 3.63) is 87.6 Å². The molecule has 0 saturated heterocycles. The van der Waals surface area contributed by atoms with E-state index in [1.165, 1.54) is 30.3 Å². The number of halogens is 1. The first-order valence-corrected chi connectivity index (χ1v) is 9.56. The molecule has 1 aromatic heterocycles.